The lowest BCUT2D eigenvalue weighted by molar-refractivity contribution is 0.171. The van der Waals surface area contributed by atoms with Gasteiger partial charge in [-0.25, -0.2) is 0 Å². The first-order valence-electron chi connectivity index (χ1n) is 8.77. The molecule has 136 valence electrons. The van der Waals surface area contributed by atoms with Crippen molar-refractivity contribution < 1.29 is 23.7 Å². The van der Waals surface area contributed by atoms with Crippen LogP contribution >= 0.6 is 0 Å². The molecule has 5 rings (SSSR count). The molecule has 0 radical (unpaired) electrons. The summed E-state index contributed by atoms with van der Waals surface area (Å²) in [4.78, 5) is 0. The van der Waals surface area contributed by atoms with Crippen molar-refractivity contribution in [2.45, 2.75) is 18.9 Å². The van der Waals surface area contributed by atoms with E-state index in [4.69, 9.17) is 23.7 Å². The van der Waals surface area contributed by atoms with E-state index < -0.39 is 0 Å². The molecule has 1 atom stereocenters. The van der Waals surface area contributed by atoms with Crippen molar-refractivity contribution in [2.75, 3.05) is 34.7 Å². The Balaban J connectivity index is 1.89. The van der Waals surface area contributed by atoms with Gasteiger partial charge in [-0.3, -0.25) is 0 Å². The fourth-order valence-electron chi connectivity index (χ4n) is 4.50. The van der Waals surface area contributed by atoms with E-state index in [1.807, 2.05) is 6.07 Å². The Kier molecular flexibility index (Phi) is 3.43. The van der Waals surface area contributed by atoms with Gasteiger partial charge in [-0.05, 0) is 36.6 Å². The summed E-state index contributed by atoms with van der Waals surface area (Å²) in [6.07, 6.45) is 1.76. The fraction of sp³-hybridized carbons (Fsp3) is 0.400. The highest BCUT2D eigenvalue weighted by Crippen LogP contribution is 2.59. The molecule has 0 spiro atoms. The molecule has 2 aliphatic heterocycles. The number of nitrogens with one attached hydrogen (secondary N) is 1. The van der Waals surface area contributed by atoms with Gasteiger partial charge >= 0.3 is 0 Å². The molecule has 0 saturated heterocycles. The monoisotopic (exact) mass is 355 g/mol. The van der Waals surface area contributed by atoms with Gasteiger partial charge in [0.05, 0.1) is 21.3 Å². The Labute approximate surface area is 152 Å². The van der Waals surface area contributed by atoms with Gasteiger partial charge in [-0.15, -0.1) is 0 Å². The molecule has 0 fully saturated rings. The number of hydrogen-bond acceptors (Lipinski definition) is 6. The Bertz CT molecular complexity index is 908. The van der Waals surface area contributed by atoms with E-state index >= 15 is 0 Å². The maximum absolute atomic E-state index is 5.91. The molecule has 2 heterocycles. The normalized spacial score (nSPS) is 18.8. The van der Waals surface area contributed by atoms with E-state index in [0.29, 0.717) is 5.75 Å². The van der Waals surface area contributed by atoms with Gasteiger partial charge < -0.3 is 29.0 Å². The van der Waals surface area contributed by atoms with Crippen LogP contribution in [0.25, 0.3) is 11.1 Å². The number of hydrogen-bond donors (Lipinski definition) is 1. The third-order valence-corrected chi connectivity index (χ3v) is 5.52. The molecule has 1 unspecified atom stereocenters. The first-order chi connectivity index (χ1) is 12.8. The van der Waals surface area contributed by atoms with Crippen LogP contribution in [0.1, 0.15) is 22.7 Å². The zero-order valence-corrected chi connectivity index (χ0v) is 15.1. The first kappa shape index (κ1) is 15.6. The second-order valence-corrected chi connectivity index (χ2v) is 6.69. The highest BCUT2D eigenvalue weighted by Gasteiger charge is 2.40. The van der Waals surface area contributed by atoms with Gasteiger partial charge in [0.15, 0.2) is 11.5 Å². The number of methoxy groups -OCH3 is 3. The Morgan fingerprint density at radius 2 is 1.85 bits per heavy atom. The molecule has 0 aromatic heterocycles. The standard InChI is InChI=1S/C20H21NO5/c1-22-11-6-10-7-13-16-12(4-5-21-13)18(24-3)20-19(25-9-26-20)17(16)15(10)14(8-11)23-2/h6,8,13,21H,4-5,7,9H2,1-3H3. The number of ether oxygens (including phenoxy) is 5. The van der Waals surface area contributed by atoms with Crippen LogP contribution in [0, 0.1) is 0 Å². The van der Waals surface area contributed by atoms with Crippen LogP contribution in [0.15, 0.2) is 12.1 Å². The molecule has 2 aromatic carbocycles. The number of fused-ring (bicyclic) bond motifs is 4. The highest BCUT2D eigenvalue weighted by molar-refractivity contribution is 5.89. The Morgan fingerprint density at radius 3 is 2.62 bits per heavy atom. The molecule has 6 nitrogen and oxygen atoms in total. The van der Waals surface area contributed by atoms with Gasteiger partial charge in [-0.1, -0.05) is 0 Å². The van der Waals surface area contributed by atoms with E-state index in [1.165, 1.54) is 16.7 Å². The topological polar surface area (TPSA) is 58.2 Å². The van der Waals surface area contributed by atoms with Crippen LogP contribution in [-0.2, 0) is 12.8 Å². The van der Waals surface area contributed by atoms with Crippen LogP contribution in [0.2, 0.25) is 0 Å². The van der Waals surface area contributed by atoms with Crippen LogP contribution in [0.5, 0.6) is 28.7 Å². The molecule has 6 heteroatoms. The second-order valence-electron chi connectivity index (χ2n) is 6.69. The summed E-state index contributed by atoms with van der Waals surface area (Å²) in [5.74, 6) is 3.83. The number of benzene rings is 2. The quantitative estimate of drug-likeness (QED) is 0.914. The molecule has 1 N–H and O–H groups in total. The summed E-state index contributed by atoms with van der Waals surface area (Å²) < 4.78 is 28.6. The predicted octanol–water partition coefficient (Wildman–Crippen LogP) is 2.85. The summed E-state index contributed by atoms with van der Waals surface area (Å²) in [6, 6.07) is 4.22. The van der Waals surface area contributed by atoms with Crippen LogP contribution in [-0.4, -0.2) is 34.7 Å². The van der Waals surface area contributed by atoms with Gasteiger partial charge in [0.25, 0.3) is 0 Å². The van der Waals surface area contributed by atoms with E-state index in [1.54, 1.807) is 21.3 Å². The summed E-state index contributed by atoms with van der Waals surface area (Å²) in [6.45, 7) is 1.11. The van der Waals surface area contributed by atoms with Crippen molar-refractivity contribution in [1.29, 1.82) is 0 Å². The van der Waals surface area contributed by atoms with Crippen molar-refractivity contribution in [2.24, 2.45) is 0 Å². The SMILES string of the molecule is COc1cc2c(c(OC)c1)-c1c3c(c(OC)c4c1C(C2)NCC4)OCO3. The lowest BCUT2D eigenvalue weighted by atomic mass is 9.76. The average molecular weight is 355 g/mol. The zero-order valence-electron chi connectivity index (χ0n) is 15.1. The van der Waals surface area contributed by atoms with Gasteiger partial charge in [0, 0.05) is 28.8 Å². The molecular formula is C20H21NO5. The molecule has 2 aromatic rings. The molecule has 3 aliphatic rings. The lowest BCUT2D eigenvalue weighted by Gasteiger charge is -2.36. The molecule has 1 aliphatic carbocycles. The minimum absolute atomic E-state index is 0.202. The Hall–Kier alpha value is -2.60. The van der Waals surface area contributed by atoms with Crippen molar-refractivity contribution in [1.82, 2.24) is 5.32 Å². The molecular weight excluding hydrogens is 334 g/mol. The van der Waals surface area contributed by atoms with Crippen molar-refractivity contribution in [3.05, 3.63) is 28.8 Å². The minimum atomic E-state index is 0.202. The highest BCUT2D eigenvalue weighted by atomic mass is 16.7. The first-order valence-corrected chi connectivity index (χ1v) is 8.77. The lowest BCUT2D eigenvalue weighted by Crippen LogP contribution is -2.34. The third kappa shape index (κ3) is 1.96. The van der Waals surface area contributed by atoms with Crippen LogP contribution < -0.4 is 29.0 Å². The largest absolute Gasteiger partial charge is 0.497 e. The van der Waals surface area contributed by atoms with Crippen LogP contribution in [0.4, 0.5) is 0 Å². The van der Waals surface area contributed by atoms with E-state index in [0.717, 1.165) is 53.5 Å². The average Bonchev–Trinajstić information content (AvgIpc) is 3.16. The van der Waals surface area contributed by atoms with E-state index in [2.05, 4.69) is 11.4 Å². The molecule has 0 amide bonds. The fourth-order valence-corrected chi connectivity index (χ4v) is 4.50. The van der Waals surface area contributed by atoms with E-state index in [-0.39, 0.29) is 12.8 Å². The van der Waals surface area contributed by atoms with Gasteiger partial charge in [-0.2, -0.15) is 0 Å². The molecule has 0 bridgehead atoms. The number of rotatable bonds is 3. The van der Waals surface area contributed by atoms with Crippen molar-refractivity contribution in [3.8, 4) is 39.9 Å². The minimum Gasteiger partial charge on any atom is -0.497 e. The predicted molar refractivity (Wildman–Crippen MR) is 95.8 cm³/mol. The summed E-state index contributed by atoms with van der Waals surface area (Å²) >= 11 is 0. The molecule has 26 heavy (non-hydrogen) atoms. The zero-order chi connectivity index (χ0) is 17.8. The van der Waals surface area contributed by atoms with E-state index in [9.17, 15) is 0 Å². The maximum atomic E-state index is 5.91. The Morgan fingerprint density at radius 1 is 1.00 bits per heavy atom. The maximum Gasteiger partial charge on any atom is 0.231 e. The summed E-state index contributed by atoms with van der Waals surface area (Å²) in [5.41, 5.74) is 5.76. The second kappa shape index (κ2) is 5.71. The summed E-state index contributed by atoms with van der Waals surface area (Å²) in [7, 11) is 5.06. The van der Waals surface area contributed by atoms with Crippen LogP contribution in [0.3, 0.4) is 0 Å². The third-order valence-electron chi connectivity index (χ3n) is 5.52. The smallest absolute Gasteiger partial charge is 0.231 e. The van der Waals surface area contributed by atoms with Gasteiger partial charge in [0.1, 0.15) is 11.5 Å². The van der Waals surface area contributed by atoms with Gasteiger partial charge in [0.2, 0.25) is 12.5 Å². The summed E-state index contributed by atoms with van der Waals surface area (Å²) in [5, 5.41) is 3.64. The van der Waals surface area contributed by atoms with Crippen molar-refractivity contribution >= 4 is 0 Å². The van der Waals surface area contributed by atoms with Crippen molar-refractivity contribution in [3.63, 3.8) is 0 Å². The molecule has 0 saturated carbocycles.